The van der Waals surface area contributed by atoms with Crippen molar-refractivity contribution < 1.29 is 9.53 Å². The van der Waals surface area contributed by atoms with Crippen LogP contribution in [0.25, 0.3) is 0 Å². The van der Waals surface area contributed by atoms with Gasteiger partial charge in [0.15, 0.2) is 0 Å². The average molecular weight is 381 g/mol. The highest BCUT2D eigenvalue weighted by molar-refractivity contribution is 5.88. The van der Waals surface area contributed by atoms with E-state index in [-0.39, 0.29) is 29.1 Å². The number of aryl methyl sites for hydroxylation is 1. The summed E-state index contributed by atoms with van der Waals surface area (Å²) in [5, 5.41) is 6.73. The van der Waals surface area contributed by atoms with Crippen LogP contribution in [-0.2, 0) is 10.2 Å². The molecular formula is C21H33ClN2O2. The molecule has 5 heteroatoms. The van der Waals surface area contributed by atoms with Gasteiger partial charge in [-0.25, -0.2) is 0 Å². The van der Waals surface area contributed by atoms with Crippen molar-refractivity contribution in [3.8, 4) is 5.75 Å². The normalized spacial score (nSPS) is 20.9. The molecule has 1 saturated carbocycles. The molecule has 1 aromatic carbocycles. The van der Waals surface area contributed by atoms with Gasteiger partial charge in [-0.3, -0.25) is 4.79 Å². The first-order valence-electron chi connectivity index (χ1n) is 9.63. The van der Waals surface area contributed by atoms with E-state index in [0.29, 0.717) is 0 Å². The molecule has 2 aliphatic rings. The van der Waals surface area contributed by atoms with Crippen molar-refractivity contribution in [3.63, 3.8) is 0 Å². The molecule has 1 heterocycles. The Kier molecular flexibility index (Phi) is 6.98. The van der Waals surface area contributed by atoms with E-state index in [9.17, 15) is 4.79 Å². The predicted molar refractivity (Wildman–Crippen MR) is 108 cm³/mol. The van der Waals surface area contributed by atoms with Crippen LogP contribution in [0.1, 0.15) is 56.6 Å². The summed E-state index contributed by atoms with van der Waals surface area (Å²) in [7, 11) is 1.70. The first-order valence-corrected chi connectivity index (χ1v) is 9.63. The number of amides is 1. The number of rotatable bonds is 5. The van der Waals surface area contributed by atoms with Crippen molar-refractivity contribution >= 4 is 18.3 Å². The van der Waals surface area contributed by atoms with E-state index in [1.807, 2.05) is 6.92 Å². The number of nitrogens with one attached hydrogen (secondary N) is 2. The molecule has 0 unspecified atom stereocenters. The van der Waals surface area contributed by atoms with Crippen molar-refractivity contribution in [2.24, 2.45) is 5.41 Å². The monoisotopic (exact) mass is 380 g/mol. The molecule has 4 nitrogen and oxygen atoms in total. The second kappa shape index (κ2) is 8.62. The van der Waals surface area contributed by atoms with E-state index in [2.05, 4.69) is 35.8 Å². The molecule has 0 aromatic heterocycles. The Balaban J connectivity index is 0.00000243. The topological polar surface area (TPSA) is 50.4 Å². The molecule has 26 heavy (non-hydrogen) atoms. The lowest BCUT2D eigenvalue weighted by molar-refractivity contribution is -0.127. The van der Waals surface area contributed by atoms with Crippen LogP contribution in [0, 0.1) is 12.3 Å². The van der Waals surface area contributed by atoms with Gasteiger partial charge < -0.3 is 15.4 Å². The molecule has 1 aliphatic carbocycles. The van der Waals surface area contributed by atoms with Crippen molar-refractivity contribution in [1.82, 2.24) is 10.6 Å². The summed E-state index contributed by atoms with van der Waals surface area (Å²) in [5.74, 6) is 1.08. The van der Waals surface area contributed by atoms with E-state index in [0.717, 1.165) is 75.0 Å². The lowest BCUT2D eigenvalue weighted by Gasteiger charge is -2.36. The summed E-state index contributed by atoms with van der Waals surface area (Å²) >= 11 is 0. The van der Waals surface area contributed by atoms with Gasteiger partial charge in [0.2, 0.25) is 5.91 Å². The summed E-state index contributed by atoms with van der Waals surface area (Å²) in [4.78, 5) is 13.3. The van der Waals surface area contributed by atoms with E-state index in [1.165, 1.54) is 0 Å². The minimum atomic E-state index is -0.385. The van der Waals surface area contributed by atoms with Gasteiger partial charge in [-0.05, 0) is 68.3 Å². The lowest BCUT2D eigenvalue weighted by Crippen LogP contribution is -2.48. The maximum Gasteiger partial charge on any atom is 0.230 e. The summed E-state index contributed by atoms with van der Waals surface area (Å²) in [6, 6.07) is 6.27. The van der Waals surface area contributed by atoms with Gasteiger partial charge in [-0.2, -0.15) is 0 Å². The Morgan fingerprint density at radius 1 is 1.19 bits per heavy atom. The highest BCUT2D eigenvalue weighted by Crippen LogP contribution is 2.43. The highest BCUT2D eigenvalue weighted by atomic mass is 35.5. The van der Waals surface area contributed by atoms with Gasteiger partial charge in [0.25, 0.3) is 0 Å². The minimum absolute atomic E-state index is 0. The second-order valence-corrected chi connectivity index (χ2v) is 8.22. The molecule has 0 bridgehead atoms. The quantitative estimate of drug-likeness (QED) is 0.818. The van der Waals surface area contributed by atoms with Crippen LogP contribution in [-0.4, -0.2) is 32.7 Å². The summed E-state index contributed by atoms with van der Waals surface area (Å²) in [6.45, 7) is 7.21. The first kappa shape index (κ1) is 21.0. The zero-order valence-electron chi connectivity index (χ0n) is 16.3. The maximum absolute atomic E-state index is 13.3. The fourth-order valence-electron chi connectivity index (χ4n) is 4.41. The van der Waals surface area contributed by atoms with Gasteiger partial charge in [-0.15, -0.1) is 12.4 Å². The Labute approximate surface area is 163 Å². The molecule has 146 valence electrons. The van der Waals surface area contributed by atoms with E-state index in [4.69, 9.17) is 4.74 Å². The van der Waals surface area contributed by atoms with Crippen LogP contribution >= 0.6 is 12.4 Å². The Morgan fingerprint density at radius 3 is 2.46 bits per heavy atom. The fourth-order valence-corrected chi connectivity index (χ4v) is 4.41. The summed E-state index contributed by atoms with van der Waals surface area (Å²) < 4.78 is 5.50. The zero-order chi connectivity index (χ0) is 17.9. The number of methoxy groups -OCH3 is 1. The number of halogens is 1. The number of ether oxygens (including phenoxy) is 1. The van der Waals surface area contributed by atoms with Crippen LogP contribution in [0.15, 0.2) is 18.2 Å². The smallest absolute Gasteiger partial charge is 0.230 e. The molecule has 0 radical (unpaired) electrons. The van der Waals surface area contributed by atoms with E-state index in [1.54, 1.807) is 7.11 Å². The third kappa shape index (κ3) is 4.17. The van der Waals surface area contributed by atoms with Crippen molar-refractivity contribution in [1.29, 1.82) is 0 Å². The number of benzene rings is 1. The SMILES string of the molecule is COc1cc(C2(C(=O)NCC3(C)CCNCC3)CCCC2)ccc1C.Cl. The Morgan fingerprint density at radius 2 is 1.85 bits per heavy atom. The van der Waals surface area contributed by atoms with E-state index < -0.39 is 0 Å². The van der Waals surface area contributed by atoms with Crippen LogP contribution in [0.5, 0.6) is 5.75 Å². The third-order valence-corrected chi connectivity index (χ3v) is 6.34. The zero-order valence-corrected chi connectivity index (χ0v) is 17.1. The van der Waals surface area contributed by atoms with Gasteiger partial charge >= 0.3 is 0 Å². The molecule has 1 aromatic rings. The van der Waals surface area contributed by atoms with Crippen LogP contribution in [0.4, 0.5) is 0 Å². The summed E-state index contributed by atoms with van der Waals surface area (Å²) in [6.07, 6.45) is 6.35. The summed E-state index contributed by atoms with van der Waals surface area (Å²) in [5.41, 5.74) is 2.05. The highest BCUT2D eigenvalue weighted by Gasteiger charge is 2.43. The van der Waals surface area contributed by atoms with Gasteiger partial charge in [0, 0.05) is 6.54 Å². The molecule has 2 N–H and O–H groups in total. The standard InChI is InChI=1S/C21H32N2O2.ClH/c1-16-6-7-17(14-18(16)25-3)21(8-4-5-9-21)19(24)23-15-20(2)10-12-22-13-11-20;/h6-7,14,22H,4-5,8-13,15H2,1-3H3,(H,23,24);1H. The van der Waals surface area contributed by atoms with Crippen molar-refractivity contribution in [3.05, 3.63) is 29.3 Å². The maximum atomic E-state index is 13.3. The third-order valence-electron chi connectivity index (χ3n) is 6.34. The first-order chi connectivity index (χ1) is 12.0. The number of hydrogen-bond acceptors (Lipinski definition) is 3. The molecular weight excluding hydrogens is 348 g/mol. The number of piperidine rings is 1. The van der Waals surface area contributed by atoms with Crippen molar-refractivity contribution in [2.75, 3.05) is 26.7 Å². The van der Waals surface area contributed by atoms with E-state index >= 15 is 0 Å². The largest absolute Gasteiger partial charge is 0.496 e. The van der Waals surface area contributed by atoms with Gasteiger partial charge in [0.1, 0.15) is 5.75 Å². The Hall–Kier alpha value is -1.26. The van der Waals surface area contributed by atoms with Crippen LogP contribution < -0.4 is 15.4 Å². The van der Waals surface area contributed by atoms with Crippen molar-refractivity contribution in [2.45, 2.75) is 57.8 Å². The Bertz CT molecular complexity index is 620. The second-order valence-electron chi connectivity index (χ2n) is 8.22. The molecule has 0 atom stereocenters. The molecule has 2 fully saturated rings. The van der Waals surface area contributed by atoms with Crippen LogP contribution in [0.2, 0.25) is 0 Å². The van der Waals surface area contributed by atoms with Crippen LogP contribution in [0.3, 0.4) is 0 Å². The molecule has 0 spiro atoms. The molecule has 1 amide bonds. The number of carbonyl (C=O) groups is 1. The minimum Gasteiger partial charge on any atom is -0.496 e. The lowest BCUT2D eigenvalue weighted by atomic mass is 9.76. The van der Waals surface area contributed by atoms with Gasteiger partial charge in [0.05, 0.1) is 12.5 Å². The molecule has 1 saturated heterocycles. The average Bonchev–Trinajstić information content (AvgIpc) is 3.12. The predicted octanol–water partition coefficient (Wildman–Crippen LogP) is 3.74. The fraction of sp³-hybridized carbons (Fsp3) is 0.667. The number of carbonyl (C=O) groups excluding carboxylic acids is 1. The number of hydrogen-bond donors (Lipinski definition) is 2. The van der Waals surface area contributed by atoms with Gasteiger partial charge in [-0.1, -0.05) is 31.9 Å². The molecule has 1 aliphatic heterocycles. The molecule has 3 rings (SSSR count).